The summed E-state index contributed by atoms with van der Waals surface area (Å²) < 4.78 is 0.856. The Morgan fingerprint density at radius 3 is 2.19 bits per heavy atom. The van der Waals surface area contributed by atoms with E-state index in [4.69, 9.17) is 5.11 Å². The van der Waals surface area contributed by atoms with Crippen LogP contribution >= 0.6 is 23.1 Å². The molecule has 2 fully saturated rings. The largest absolute Gasteiger partial charge is 0.481 e. The zero-order chi connectivity index (χ0) is 19.2. The van der Waals surface area contributed by atoms with Gasteiger partial charge in [-0.1, -0.05) is 49.9 Å². The number of thioether (sulfide) groups is 1. The van der Waals surface area contributed by atoms with Crippen molar-refractivity contribution in [3.63, 3.8) is 0 Å². The molecule has 0 aromatic carbocycles. The molecule has 1 aromatic heterocycles. The number of aryl methyl sites for hydroxylation is 1. The van der Waals surface area contributed by atoms with Gasteiger partial charge in [0, 0.05) is 12.1 Å². The van der Waals surface area contributed by atoms with Gasteiger partial charge in [0.2, 0.25) is 0 Å². The van der Waals surface area contributed by atoms with E-state index >= 15 is 0 Å². The number of carboxylic acid groups (broad SMARTS) is 1. The number of nitrogens with one attached hydrogen (secondary N) is 1. The molecule has 3 rings (SSSR count). The molecule has 1 aromatic rings. The van der Waals surface area contributed by atoms with Gasteiger partial charge in [-0.15, -0.1) is 11.8 Å². The SMILES string of the molecule is Cc1nc(NC(=O)N(C2CCCCC2)C2CCCCC2)sc1SCC(=O)O. The highest BCUT2D eigenvalue weighted by Crippen LogP contribution is 2.34. The average molecular weight is 412 g/mol. The Hall–Kier alpha value is -1.28. The molecule has 0 bridgehead atoms. The molecule has 2 N–H and O–H groups in total. The van der Waals surface area contributed by atoms with Gasteiger partial charge in [-0.2, -0.15) is 0 Å². The molecule has 0 unspecified atom stereocenters. The maximum absolute atomic E-state index is 13.2. The fourth-order valence-electron chi connectivity index (χ4n) is 4.20. The number of aliphatic carboxylic acids is 1. The first kappa shape index (κ1) is 20.5. The minimum atomic E-state index is -0.848. The van der Waals surface area contributed by atoms with Crippen molar-refractivity contribution in [2.24, 2.45) is 0 Å². The fraction of sp³-hybridized carbons (Fsp3) is 0.737. The third kappa shape index (κ3) is 5.60. The number of rotatable bonds is 6. The van der Waals surface area contributed by atoms with Gasteiger partial charge in [-0.25, -0.2) is 9.78 Å². The number of aromatic nitrogens is 1. The molecule has 0 atom stereocenters. The van der Waals surface area contributed by atoms with Gasteiger partial charge in [-0.05, 0) is 32.6 Å². The van der Waals surface area contributed by atoms with Crippen molar-refractivity contribution in [1.29, 1.82) is 0 Å². The number of carboxylic acids is 1. The fourth-order valence-corrected chi connectivity index (χ4v) is 6.05. The minimum absolute atomic E-state index is 0.00664. The molecule has 2 aliphatic rings. The normalized spacial score (nSPS) is 19.0. The quantitative estimate of drug-likeness (QED) is 0.634. The molecule has 6 nitrogen and oxygen atoms in total. The van der Waals surface area contributed by atoms with Crippen LogP contribution in [-0.2, 0) is 4.79 Å². The van der Waals surface area contributed by atoms with Crippen LogP contribution in [0.1, 0.15) is 69.9 Å². The molecule has 0 saturated heterocycles. The molecule has 8 heteroatoms. The van der Waals surface area contributed by atoms with Crippen molar-refractivity contribution in [3.8, 4) is 0 Å². The molecule has 2 aliphatic carbocycles. The highest BCUT2D eigenvalue weighted by molar-refractivity contribution is 8.01. The lowest BCUT2D eigenvalue weighted by atomic mass is 9.89. The van der Waals surface area contributed by atoms with Gasteiger partial charge < -0.3 is 10.0 Å². The van der Waals surface area contributed by atoms with E-state index in [2.05, 4.69) is 15.2 Å². The Balaban J connectivity index is 1.69. The first-order chi connectivity index (χ1) is 13.0. The second-order valence-corrected chi connectivity index (χ2v) is 9.74. The van der Waals surface area contributed by atoms with Gasteiger partial charge in [0.1, 0.15) is 0 Å². The van der Waals surface area contributed by atoms with Crippen molar-refractivity contribution in [3.05, 3.63) is 5.69 Å². The number of anilines is 1. The maximum atomic E-state index is 13.2. The van der Waals surface area contributed by atoms with E-state index in [0.717, 1.165) is 35.6 Å². The van der Waals surface area contributed by atoms with Crippen LogP contribution in [0.3, 0.4) is 0 Å². The van der Waals surface area contributed by atoms with Crippen LogP contribution in [0.4, 0.5) is 9.93 Å². The number of carbonyl (C=O) groups is 2. The van der Waals surface area contributed by atoms with Crippen molar-refractivity contribution >= 4 is 40.2 Å². The topological polar surface area (TPSA) is 82.5 Å². The Bertz CT molecular complexity index is 635. The summed E-state index contributed by atoms with van der Waals surface area (Å²) in [7, 11) is 0. The summed E-state index contributed by atoms with van der Waals surface area (Å²) in [6, 6.07) is 0.643. The zero-order valence-corrected chi connectivity index (χ0v) is 17.5. The molecule has 2 amide bonds. The number of hydrogen-bond acceptors (Lipinski definition) is 5. The minimum Gasteiger partial charge on any atom is -0.481 e. The van der Waals surface area contributed by atoms with Gasteiger partial charge >= 0.3 is 12.0 Å². The summed E-state index contributed by atoms with van der Waals surface area (Å²) in [4.78, 5) is 30.5. The molecule has 0 spiro atoms. The van der Waals surface area contributed by atoms with Crippen LogP contribution in [0.15, 0.2) is 4.21 Å². The standard InChI is InChI=1S/C19H29N3O3S2/c1-13-17(26-12-16(23)24)27-18(20-13)21-19(25)22(14-8-4-2-5-9-14)15-10-6-3-7-11-15/h14-15H,2-12H2,1H3,(H,23,24)(H,20,21,25). The summed E-state index contributed by atoms with van der Waals surface area (Å²) in [6.45, 7) is 1.86. The highest BCUT2D eigenvalue weighted by atomic mass is 32.2. The van der Waals surface area contributed by atoms with Crippen molar-refractivity contribution in [2.45, 2.75) is 87.4 Å². The number of carbonyl (C=O) groups excluding carboxylic acids is 1. The smallest absolute Gasteiger partial charge is 0.324 e. The number of thiazole rings is 1. The first-order valence-electron chi connectivity index (χ1n) is 9.96. The highest BCUT2D eigenvalue weighted by Gasteiger charge is 2.33. The summed E-state index contributed by atoms with van der Waals surface area (Å²) in [5.74, 6) is -0.841. The second-order valence-electron chi connectivity index (χ2n) is 7.50. The predicted octanol–water partition coefficient (Wildman–Crippen LogP) is 5.13. The maximum Gasteiger partial charge on any atom is 0.324 e. The van der Waals surface area contributed by atoms with E-state index < -0.39 is 5.97 Å². The molecule has 2 saturated carbocycles. The van der Waals surface area contributed by atoms with Crippen molar-refractivity contribution in [2.75, 3.05) is 11.1 Å². The number of nitrogens with zero attached hydrogens (tertiary/aromatic N) is 2. The number of amides is 2. The van der Waals surface area contributed by atoms with Crippen LogP contribution < -0.4 is 5.32 Å². The van der Waals surface area contributed by atoms with E-state index in [9.17, 15) is 9.59 Å². The Labute approximate surface area is 169 Å². The molecule has 1 heterocycles. The second kappa shape index (κ2) is 9.78. The Morgan fingerprint density at radius 1 is 1.11 bits per heavy atom. The van der Waals surface area contributed by atoms with E-state index in [1.54, 1.807) is 0 Å². The summed E-state index contributed by atoms with van der Waals surface area (Å²) in [6.07, 6.45) is 11.7. The van der Waals surface area contributed by atoms with Gasteiger partial charge in [0.05, 0.1) is 15.7 Å². The van der Waals surface area contributed by atoms with Crippen molar-refractivity contribution < 1.29 is 14.7 Å². The summed E-state index contributed by atoms with van der Waals surface area (Å²) in [5.41, 5.74) is 0.781. The number of hydrogen-bond donors (Lipinski definition) is 2. The zero-order valence-electron chi connectivity index (χ0n) is 15.9. The summed E-state index contributed by atoms with van der Waals surface area (Å²) >= 11 is 2.63. The van der Waals surface area contributed by atoms with Crippen LogP contribution in [-0.4, -0.2) is 44.8 Å². The van der Waals surface area contributed by atoms with Gasteiger partial charge in [0.25, 0.3) is 0 Å². The molecule has 27 heavy (non-hydrogen) atoms. The van der Waals surface area contributed by atoms with Crippen LogP contribution in [0.2, 0.25) is 0 Å². The van der Waals surface area contributed by atoms with Crippen LogP contribution in [0, 0.1) is 6.92 Å². The Morgan fingerprint density at radius 2 is 1.67 bits per heavy atom. The number of urea groups is 1. The summed E-state index contributed by atoms with van der Waals surface area (Å²) in [5, 5.41) is 12.5. The lowest BCUT2D eigenvalue weighted by Gasteiger charge is -2.41. The van der Waals surface area contributed by atoms with Crippen LogP contribution in [0.25, 0.3) is 0 Å². The predicted molar refractivity (Wildman–Crippen MR) is 110 cm³/mol. The van der Waals surface area contributed by atoms with E-state index in [1.807, 2.05) is 6.92 Å². The molecule has 150 valence electrons. The van der Waals surface area contributed by atoms with Gasteiger partial charge in [0.15, 0.2) is 5.13 Å². The van der Waals surface area contributed by atoms with Crippen molar-refractivity contribution in [1.82, 2.24) is 9.88 Å². The van der Waals surface area contributed by atoms with Gasteiger partial charge in [-0.3, -0.25) is 10.1 Å². The Kier molecular flexibility index (Phi) is 7.41. The van der Waals surface area contributed by atoms with E-state index in [-0.39, 0.29) is 11.8 Å². The monoisotopic (exact) mass is 411 g/mol. The third-order valence-electron chi connectivity index (χ3n) is 5.47. The van der Waals surface area contributed by atoms with E-state index in [0.29, 0.717) is 17.2 Å². The molecule has 0 radical (unpaired) electrons. The lowest BCUT2D eigenvalue weighted by Crippen LogP contribution is -2.50. The third-order valence-corrected chi connectivity index (χ3v) is 7.89. The average Bonchev–Trinajstić information content (AvgIpc) is 3.01. The van der Waals surface area contributed by atoms with E-state index in [1.165, 1.54) is 61.6 Å². The molecular formula is C19H29N3O3S2. The van der Waals surface area contributed by atoms with Crippen LogP contribution in [0.5, 0.6) is 0 Å². The lowest BCUT2D eigenvalue weighted by molar-refractivity contribution is -0.133. The first-order valence-corrected chi connectivity index (χ1v) is 11.8. The molecule has 0 aliphatic heterocycles. The molecular weight excluding hydrogens is 382 g/mol.